The number of carbonyl (C=O) groups excluding carboxylic acids is 3. The Morgan fingerprint density at radius 2 is 1.83 bits per heavy atom. The fourth-order valence-corrected chi connectivity index (χ4v) is 3.56. The van der Waals surface area contributed by atoms with Gasteiger partial charge in [0.15, 0.2) is 11.6 Å². The van der Waals surface area contributed by atoms with Crippen molar-refractivity contribution in [2.45, 2.75) is 12.8 Å². The molecule has 1 aromatic carbocycles. The van der Waals surface area contributed by atoms with Gasteiger partial charge in [0.25, 0.3) is 5.91 Å². The number of benzene rings is 1. The van der Waals surface area contributed by atoms with Crippen LogP contribution in [0, 0.1) is 5.92 Å². The summed E-state index contributed by atoms with van der Waals surface area (Å²) < 4.78 is 6.83. The number of ketones is 1. The molecule has 30 heavy (non-hydrogen) atoms. The molecule has 1 aliphatic heterocycles. The first-order chi connectivity index (χ1) is 14.5. The van der Waals surface area contributed by atoms with Gasteiger partial charge in [-0.05, 0) is 49.2 Å². The number of hydrogen-bond acceptors (Lipinski definition) is 5. The summed E-state index contributed by atoms with van der Waals surface area (Å²) in [6.45, 7) is 1.02. The number of nitrogens with one attached hydrogen (secondary N) is 1. The van der Waals surface area contributed by atoms with Crippen molar-refractivity contribution < 1.29 is 18.8 Å². The monoisotopic (exact) mass is 406 g/mol. The van der Waals surface area contributed by atoms with Crippen LogP contribution in [0.25, 0.3) is 0 Å². The minimum absolute atomic E-state index is 0.0803. The lowest BCUT2D eigenvalue weighted by molar-refractivity contribution is -0.121. The fourth-order valence-electron chi connectivity index (χ4n) is 3.56. The highest BCUT2D eigenvalue weighted by Gasteiger charge is 2.28. The molecule has 0 spiro atoms. The van der Waals surface area contributed by atoms with E-state index in [4.69, 9.17) is 4.42 Å². The predicted octanol–water partition coefficient (Wildman–Crippen LogP) is 2.74. The van der Waals surface area contributed by atoms with E-state index < -0.39 is 0 Å². The number of aryl methyl sites for hydroxylation is 1. The molecule has 4 rings (SSSR count). The largest absolute Gasteiger partial charge is 0.459 e. The van der Waals surface area contributed by atoms with E-state index in [1.54, 1.807) is 65.3 Å². The van der Waals surface area contributed by atoms with Crippen molar-refractivity contribution in [1.82, 2.24) is 14.5 Å². The van der Waals surface area contributed by atoms with Gasteiger partial charge in [-0.25, -0.2) is 4.98 Å². The maximum Gasteiger partial charge on any atom is 0.289 e. The quantitative estimate of drug-likeness (QED) is 0.657. The summed E-state index contributed by atoms with van der Waals surface area (Å²) in [6, 6.07) is 10.1. The number of nitrogens with zero attached hydrogens (tertiary/aromatic N) is 3. The highest BCUT2D eigenvalue weighted by molar-refractivity contribution is 6.07. The summed E-state index contributed by atoms with van der Waals surface area (Å²) in [5.41, 5.74) is 1.14. The summed E-state index contributed by atoms with van der Waals surface area (Å²) in [6.07, 6.45) is 5.95. The summed E-state index contributed by atoms with van der Waals surface area (Å²) in [5.74, 6) is 0.115. The Labute approximate surface area is 173 Å². The van der Waals surface area contributed by atoms with Gasteiger partial charge in [-0.3, -0.25) is 14.4 Å². The number of amides is 2. The van der Waals surface area contributed by atoms with E-state index in [2.05, 4.69) is 10.3 Å². The minimum Gasteiger partial charge on any atom is -0.459 e. The average molecular weight is 406 g/mol. The summed E-state index contributed by atoms with van der Waals surface area (Å²) in [5, 5.41) is 2.90. The van der Waals surface area contributed by atoms with Crippen molar-refractivity contribution in [1.29, 1.82) is 0 Å². The average Bonchev–Trinajstić information content (AvgIpc) is 3.45. The van der Waals surface area contributed by atoms with Crippen LogP contribution in [0.15, 0.2) is 59.5 Å². The zero-order valence-corrected chi connectivity index (χ0v) is 16.6. The molecule has 1 N–H and O–H groups in total. The second kappa shape index (κ2) is 8.36. The van der Waals surface area contributed by atoms with E-state index in [0.717, 1.165) is 0 Å². The van der Waals surface area contributed by atoms with E-state index in [1.165, 1.54) is 6.26 Å². The molecule has 0 aliphatic carbocycles. The Hall–Kier alpha value is -3.68. The number of hydrogen-bond donors (Lipinski definition) is 1. The van der Waals surface area contributed by atoms with E-state index in [9.17, 15) is 14.4 Å². The first kappa shape index (κ1) is 19.6. The maximum absolute atomic E-state index is 12.6. The Kier molecular flexibility index (Phi) is 5.47. The third kappa shape index (κ3) is 4.03. The van der Waals surface area contributed by atoms with Gasteiger partial charge in [0.2, 0.25) is 11.7 Å². The highest BCUT2D eigenvalue weighted by atomic mass is 16.3. The van der Waals surface area contributed by atoms with E-state index >= 15 is 0 Å². The van der Waals surface area contributed by atoms with Crippen LogP contribution < -0.4 is 5.32 Å². The van der Waals surface area contributed by atoms with Gasteiger partial charge in [-0.1, -0.05) is 0 Å². The molecule has 0 saturated carbocycles. The third-order valence-electron chi connectivity index (χ3n) is 5.32. The lowest BCUT2D eigenvalue weighted by Gasteiger charge is -2.30. The van der Waals surface area contributed by atoms with Gasteiger partial charge in [0.05, 0.1) is 6.26 Å². The van der Waals surface area contributed by atoms with Gasteiger partial charge >= 0.3 is 0 Å². The Morgan fingerprint density at radius 1 is 1.10 bits per heavy atom. The van der Waals surface area contributed by atoms with E-state index in [0.29, 0.717) is 48.8 Å². The van der Waals surface area contributed by atoms with E-state index in [-0.39, 0.29) is 23.5 Å². The maximum atomic E-state index is 12.6. The molecule has 3 heterocycles. The Morgan fingerprint density at radius 3 is 2.43 bits per heavy atom. The molecular formula is C22H22N4O4. The van der Waals surface area contributed by atoms with Gasteiger partial charge in [-0.2, -0.15) is 0 Å². The number of piperidine rings is 1. The van der Waals surface area contributed by atoms with Crippen molar-refractivity contribution in [2.75, 3.05) is 18.4 Å². The molecule has 0 unspecified atom stereocenters. The molecule has 1 fully saturated rings. The molecule has 1 aliphatic rings. The van der Waals surface area contributed by atoms with Crippen LogP contribution >= 0.6 is 0 Å². The highest BCUT2D eigenvalue weighted by Crippen LogP contribution is 2.21. The van der Waals surface area contributed by atoms with Crippen LogP contribution in [0.1, 0.15) is 39.6 Å². The standard InChI is InChI=1S/C22H22N4O4/c1-25-13-10-23-20(25)19(27)15-4-6-17(7-5-15)24-21(28)16-8-11-26(12-9-16)22(29)18-3-2-14-30-18/h2-7,10,13-14,16H,8-9,11-12H2,1H3,(H,24,28). The van der Waals surface area contributed by atoms with Crippen molar-refractivity contribution >= 4 is 23.3 Å². The van der Waals surface area contributed by atoms with Gasteiger partial charge < -0.3 is 19.2 Å². The number of imidazole rings is 1. The SMILES string of the molecule is Cn1ccnc1C(=O)c1ccc(NC(=O)C2CCN(C(=O)c3ccco3)CC2)cc1. The Bertz CT molecular complexity index is 1050. The predicted molar refractivity (Wildman–Crippen MR) is 109 cm³/mol. The van der Waals surface area contributed by atoms with Crippen LogP contribution in [-0.2, 0) is 11.8 Å². The first-order valence-corrected chi connectivity index (χ1v) is 9.78. The number of rotatable bonds is 5. The molecule has 0 atom stereocenters. The normalized spacial score (nSPS) is 14.5. The summed E-state index contributed by atoms with van der Waals surface area (Å²) in [4.78, 5) is 43.2. The smallest absolute Gasteiger partial charge is 0.289 e. The van der Waals surface area contributed by atoms with Crippen molar-refractivity contribution in [3.05, 3.63) is 72.2 Å². The second-order valence-corrected chi connectivity index (χ2v) is 7.30. The van der Waals surface area contributed by atoms with E-state index in [1.807, 2.05) is 0 Å². The second-order valence-electron chi connectivity index (χ2n) is 7.30. The molecule has 3 aromatic rings. The molecule has 2 amide bonds. The molecule has 8 nitrogen and oxygen atoms in total. The van der Waals surface area contributed by atoms with Gasteiger partial charge in [-0.15, -0.1) is 0 Å². The van der Waals surface area contributed by atoms with Crippen LogP contribution in [0.5, 0.6) is 0 Å². The van der Waals surface area contributed by atoms with Gasteiger partial charge in [0, 0.05) is 49.7 Å². The van der Waals surface area contributed by atoms with Crippen molar-refractivity contribution in [2.24, 2.45) is 13.0 Å². The van der Waals surface area contributed by atoms with Crippen LogP contribution in [0.2, 0.25) is 0 Å². The van der Waals surface area contributed by atoms with Crippen molar-refractivity contribution in [3.63, 3.8) is 0 Å². The lowest BCUT2D eigenvalue weighted by atomic mass is 9.95. The molecular weight excluding hydrogens is 384 g/mol. The number of aromatic nitrogens is 2. The van der Waals surface area contributed by atoms with Crippen LogP contribution in [0.4, 0.5) is 5.69 Å². The van der Waals surface area contributed by atoms with Crippen molar-refractivity contribution in [3.8, 4) is 0 Å². The molecule has 0 radical (unpaired) electrons. The molecule has 8 heteroatoms. The zero-order chi connectivity index (χ0) is 21.1. The molecule has 0 bridgehead atoms. The summed E-state index contributed by atoms with van der Waals surface area (Å²) in [7, 11) is 1.77. The molecule has 2 aromatic heterocycles. The lowest BCUT2D eigenvalue weighted by Crippen LogP contribution is -2.41. The number of furan rings is 1. The Balaban J connectivity index is 1.32. The topological polar surface area (TPSA) is 97.4 Å². The zero-order valence-electron chi connectivity index (χ0n) is 16.6. The number of carbonyl (C=O) groups is 3. The third-order valence-corrected chi connectivity index (χ3v) is 5.32. The number of anilines is 1. The summed E-state index contributed by atoms with van der Waals surface area (Å²) >= 11 is 0. The van der Waals surface area contributed by atoms with Gasteiger partial charge in [0.1, 0.15) is 0 Å². The molecule has 1 saturated heterocycles. The molecule has 154 valence electrons. The number of likely N-dealkylation sites (tertiary alicyclic amines) is 1. The van der Waals surface area contributed by atoms with Crippen LogP contribution in [0.3, 0.4) is 0 Å². The minimum atomic E-state index is -0.172. The first-order valence-electron chi connectivity index (χ1n) is 9.78. The fraction of sp³-hybridized carbons (Fsp3) is 0.273. The van der Waals surface area contributed by atoms with Crippen LogP contribution in [-0.4, -0.2) is 45.1 Å².